The normalized spacial score (nSPS) is 12.8. The van der Waals surface area contributed by atoms with Gasteiger partial charge in [-0.1, -0.05) is 36.4 Å². The quantitative estimate of drug-likeness (QED) is 0.208. The van der Waals surface area contributed by atoms with Crippen LogP contribution in [0.15, 0.2) is 146 Å². The first-order valence-electron chi connectivity index (χ1n) is 14.5. The molecule has 0 aromatic carbocycles. The zero-order valence-corrected chi connectivity index (χ0v) is 23.6. The lowest BCUT2D eigenvalue weighted by Gasteiger charge is -2.25. The van der Waals surface area contributed by atoms with Gasteiger partial charge in [0.1, 0.15) is 23.0 Å². The summed E-state index contributed by atoms with van der Waals surface area (Å²) in [5.74, 6) is 0.923. The number of hydrogen-bond donors (Lipinski definition) is 0. The summed E-state index contributed by atoms with van der Waals surface area (Å²) in [4.78, 5) is 29.8. The third kappa shape index (κ3) is 4.40. The Morgan fingerprint density at radius 1 is 0.409 bits per heavy atom. The lowest BCUT2D eigenvalue weighted by molar-refractivity contribution is 0.590. The van der Waals surface area contributed by atoms with Gasteiger partial charge in [0.15, 0.2) is 0 Å². The van der Waals surface area contributed by atoms with Crippen molar-refractivity contribution in [3.8, 4) is 22.8 Å². The van der Waals surface area contributed by atoms with Crippen molar-refractivity contribution in [2.24, 2.45) is 0 Å². The van der Waals surface area contributed by atoms with Crippen LogP contribution in [0.1, 0.15) is 34.9 Å². The van der Waals surface area contributed by atoms with Crippen molar-refractivity contribution in [1.29, 1.82) is 0 Å². The fraction of sp³-hybridized carbons (Fsp3) is 0.0556. The van der Waals surface area contributed by atoms with E-state index < -0.39 is 0 Å². The molecule has 2 atom stereocenters. The highest BCUT2D eigenvalue weighted by Crippen LogP contribution is 2.43. The Morgan fingerprint density at radius 2 is 0.818 bits per heavy atom. The van der Waals surface area contributed by atoms with Crippen LogP contribution in [-0.4, -0.2) is 38.7 Å². The van der Waals surface area contributed by atoms with E-state index in [0.29, 0.717) is 0 Å². The summed E-state index contributed by atoms with van der Waals surface area (Å²) in [5.41, 5.74) is 6.87. The molecule has 0 radical (unpaired) electrons. The van der Waals surface area contributed by atoms with E-state index in [1.54, 1.807) is 12.4 Å². The molecule has 8 aromatic rings. The molecule has 0 bridgehead atoms. The summed E-state index contributed by atoms with van der Waals surface area (Å²) in [6.07, 6.45) is 11.4. The van der Waals surface area contributed by atoms with Gasteiger partial charge >= 0.3 is 0 Å². The SMILES string of the molecule is c1ccc(-c2nc([C@@H](c3ccccn3)[C@@H](c3ccccn3)c3nc(-c4ccccn4)c4ccccn34)n3ccccc23)nc1. The summed E-state index contributed by atoms with van der Waals surface area (Å²) in [5, 5.41) is 0. The number of imidazole rings is 2. The highest BCUT2D eigenvalue weighted by Gasteiger charge is 2.37. The highest BCUT2D eigenvalue weighted by atomic mass is 15.1. The Hall–Kier alpha value is -6.02. The van der Waals surface area contributed by atoms with E-state index in [9.17, 15) is 0 Å². The predicted molar refractivity (Wildman–Crippen MR) is 169 cm³/mol. The molecule has 0 aliphatic heterocycles. The minimum atomic E-state index is -0.360. The van der Waals surface area contributed by atoms with Gasteiger partial charge in [-0.25, -0.2) is 9.97 Å². The summed E-state index contributed by atoms with van der Waals surface area (Å²) >= 11 is 0. The minimum absolute atomic E-state index is 0.360. The van der Waals surface area contributed by atoms with E-state index >= 15 is 0 Å². The predicted octanol–water partition coefficient (Wildman–Crippen LogP) is 6.86. The maximum atomic E-state index is 5.34. The molecule has 0 unspecified atom stereocenters. The second-order valence-corrected chi connectivity index (χ2v) is 10.4. The van der Waals surface area contributed by atoms with E-state index in [2.05, 4.69) is 55.4 Å². The van der Waals surface area contributed by atoms with Crippen LogP contribution in [0.5, 0.6) is 0 Å². The van der Waals surface area contributed by atoms with Crippen LogP contribution in [0.3, 0.4) is 0 Å². The molecule has 8 heteroatoms. The summed E-state index contributed by atoms with van der Waals surface area (Å²) in [6.45, 7) is 0. The van der Waals surface area contributed by atoms with Gasteiger partial charge in [-0.2, -0.15) is 0 Å². The summed E-state index contributed by atoms with van der Waals surface area (Å²) in [6, 6.07) is 36.1. The van der Waals surface area contributed by atoms with Crippen LogP contribution >= 0.6 is 0 Å². The monoisotopic (exact) mass is 570 g/mol. The molecule has 44 heavy (non-hydrogen) atoms. The Balaban J connectivity index is 1.45. The van der Waals surface area contributed by atoms with Crippen LogP contribution in [0.4, 0.5) is 0 Å². The molecule has 0 N–H and O–H groups in total. The Kier molecular flexibility index (Phi) is 6.42. The summed E-state index contributed by atoms with van der Waals surface area (Å²) in [7, 11) is 0. The van der Waals surface area contributed by atoms with E-state index in [4.69, 9.17) is 19.9 Å². The van der Waals surface area contributed by atoms with Gasteiger partial charge in [0, 0.05) is 37.2 Å². The number of pyridine rings is 6. The Morgan fingerprint density at radius 3 is 1.20 bits per heavy atom. The van der Waals surface area contributed by atoms with Gasteiger partial charge in [-0.3, -0.25) is 19.9 Å². The van der Waals surface area contributed by atoms with E-state index in [-0.39, 0.29) is 11.8 Å². The first-order chi connectivity index (χ1) is 21.9. The average Bonchev–Trinajstić information content (AvgIpc) is 3.68. The third-order valence-electron chi connectivity index (χ3n) is 7.87. The van der Waals surface area contributed by atoms with Gasteiger partial charge in [0.05, 0.1) is 45.6 Å². The molecule has 0 aliphatic rings. The van der Waals surface area contributed by atoms with E-state index in [0.717, 1.165) is 56.8 Å². The van der Waals surface area contributed by atoms with Crippen LogP contribution < -0.4 is 0 Å². The maximum Gasteiger partial charge on any atom is 0.124 e. The molecule has 0 fully saturated rings. The van der Waals surface area contributed by atoms with Gasteiger partial charge < -0.3 is 8.80 Å². The number of nitrogens with zero attached hydrogens (tertiary/aromatic N) is 8. The molecule has 0 saturated carbocycles. The standard InChI is InChI=1S/C36H26N8/c1-7-19-37-25(13-1)31(35-41-33(27-15-3-9-21-39-27)29-17-5-11-23-43(29)35)32(26-14-2-8-20-38-26)36-42-34(28-16-4-10-22-40-28)30-18-6-12-24-44(30)36/h1-24,31-32H/t31-,32+. The zero-order valence-electron chi connectivity index (χ0n) is 23.6. The van der Waals surface area contributed by atoms with Crippen molar-refractivity contribution < 1.29 is 0 Å². The molecule has 0 amide bonds. The van der Waals surface area contributed by atoms with Crippen LogP contribution in [0.2, 0.25) is 0 Å². The highest BCUT2D eigenvalue weighted by molar-refractivity contribution is 5.77. The zero-order chi connectivity index (χ0) is 29.3. The number of rotatable bonds is 7. The van der Waals surface area contributed by atoms with Crippen LogP contribution in [0.25, 0.3) is 33.8 Å². The number of hydrogen-bond acceptors (Lipinski definition) is 6. The second kappa shape index (κ2) is 11.0. The first kappa shape index (κ1) is 25.7. The molecule has 8 nitrogen and oxygen atoms in total. The van der Waals surface area contributed by atoms with E-state index in [1.165, 1.54) is 0 Å². The maximum absolute atomic E-state index is 5.34. The minimum Gasteiger partial charge on any atom is -0.302 e. The van der Waals surface area contributed by atoms with Crippen LogP contribution in [0, 0.1) is 0 Å². The smallest absolute Gasteiger partial charge is 0.124 e. The molecule has 0 aliphatic carbocycles. The molecule has 8 heterocycles. The van der Waals surface area contributed by atoms with Gasteiger partial charge in [0.2, 0.25) is 0 Å². The third-order valence-corrected chi connectivity index (χ3v) is 7.87. The lowest BCUT2D eigenvalue weighted by Crippen LogP contribution is -2.21. The van der Waals surface area contributed by atoms with Crippen LogP contribution in [-0.2, 0) is 0 Å². The Bertz CT molecular complexity index is 2020. The van der Waals surface area contributed by atoms with Crippen molar-refractivity contribution in [1.82, 2.24) is 38.7 Å². The van der Waals surface area contributed by atoms with Gasteiger partial charge in [-0.05, 0) is 72.8 Å². The molecule has 0 spiro atoms. The number of aromatic nitrogens is 8. The van der Waals surface area contributed by atoms with Gasteiger partial charge in [0.25, 0.3) is 0 Å². The second-order valence-electron chi connectivity index (χ2n) is 10.4. The van der Waals surface area contributed by atoms with Gasteiger partial charge in [-0.15, -0.1) is 0 Å². The fourth-order valence-electron chi connectivity index (χ4n) is 5.97. The molecule has 8 rings (SSSR count). The molecular formula is C36H26N8. The average molecular weight is 571 g/mol. The van der Waals surface area contributed by atoms with Crippen molar-refractivity contribution in [2.45, 2.75) is 11.8 Å². The molecular weight excluding hydrogens is 544 g/mol. The largest absolute Gasteiger partial charge is 0.302 e. The van der Waals surface area contributed by atoms with Crippen molar-refractivity contribution in [3.05, 3.63) is 169 Å². The molecule has 210 valence electrons. The fourth-order valence-corrected chi connectivity index (χ4v) is 5.97. The van der Waals surface area contributed by atoms with Crippen molar-refractivity contribution >= 4 is 11.0 Å². The number of fused-ring (bicyclic) bond motifs is 2. The molecule has 8 aromatic heterocycles. The van der Waals surface area contributed by atoms with Crippen molar-refractivity contribution in [3.63, 3.8) is 0 Å². The Labute approximate surface area is 253 Å². The first-order valence-corrected chi connectivity index (χ1v) is 14.5. The summed E-state index contributed by atoms with van der Waals surface area (Å²) < 4.78 is 4.30. The topological polar surface area (TPSA) is 86.2 Å². The van der Waals surface area contributed by atoms with E-state index in [1.807, 2.05) is 97.3 Å². The van der Waals surface area contributed by atoms with Crippen molar-refractivity contribution in [2.75, 3.05) is 0 Å². The molecule has 0 saturated heterocycles. The lowest BCUT2D eigenvalue weighted by atomic mass is 9.84.